The van der Waals surface area contributed by atoms with Gasteiger partial charge in [0, 0.05) is 17.6 Å². The van der Waals surface area contributed by atoms with E-state index in [2.05, 4.69) is 4.98 Å². The van der Waals surface area contributed by atoms with Crippen LogP contribution in [0, 0.1) is 10.1 Å². The van der Waals surface area contributed by atoms with E-state index in [1.165, 1.54) is 37.7 Å². The molecule has 0 amide bonds. The highest BCUT2D eigenvalue weighted by molar-refractivity contribution is 7.15. The summed E-state index contributed by atoms with van der Waals surface area (Å²) in [6.45, 7) is 0. The van der Waals surface area contributed by atoms with Crippen LogP contribution in [0.15, 0.2) is 23.7 Å². The van der Waals surface area contributed by atoms with Gasteiger partial charge in [-0.3, -0.25) is 19.3 Å². The Balaban J connectivity index is 2.34. The van der Waals surface area contributed by atoms with Crippen LogP contribution in [0.4, 0.5) is 5.69 Å². The van der Waals surface area contributed by atoms with Crippen LogP contribution < -0.4 is 9.47 Å². The number of methoxy groups -OCH3 is 2. The number of carbonyl (C=O) groups excluding carboxylic acids is 1. The molecule has 0 aliphatic heterocycles. The number of benzene rings is 1. The molecule has 2 heterocycles. The largest absolute Gasteiger partial charge is 0.493 e. The summed E-state index contributed by atoms with van der Waals surface area (Å²) in [5, 5.41) is 13.2. The highest BCUT2D eigenvalue weighted by Crippen LogP contribution is 2.40. The number of rotatable bonds is 5. The molecule has 0 saturated carbocycles. The molecule has 0 unspecified atom stereocenters. The molecule has 0 atom stereocenters. The lowest BCUT2D eigenvalue weighted by atomic mass is 10.1. The predicted molar refractivity (Wildman–Crippen MR) is 83.7 cm³/mol. The molecule has 0 aliphatic rings. The molecule has 1 aromatic carbocycles. The van der Waals surface area contributed by atoms with Crippen molar-refractivity contribution in [1.82, 2.24) is 9.38 Å². The summed E-state index contributed by atoms with van der Waals surface area (Å²) in [4.78, 5) is 27.2. The van der Waals surface area contributed by atoms with Crippen molar-refractivity contribution < 1.29 is 19.2 Å². The number of ether oxygens (including phenoxy) is 2. The molecule has 9 heteroatoms. The van der Waals surface area contributed by atoms with E-state index in [1.807, 2.05) is 0 Å². The highest BCUT2D eigenvalue weighted by atomic mass is 32.1. The van der Waals surface area contributed by atoms with Crippen molar-refractivity contribution in [2.75, 3.05) is 14.2 Å². The fourth-order valence-electron chi connectivity index (χ4n) is 2.32. The van der Waals surface area contributed by atoms with Crippen LogP contribution in [0.25, 0.3) is 16.2 Å². The molecule has 3 rings (SSSR count). The van der Waals surface area contributed by atoms with Gasteiger partial charge in [0.2, 0.25) is 0 Å². The van der Waals surface area contributed by atoms with E-state index in [9.17, 15) is 14.9 Å². The minimum absolute atomic E-state index is 0.200. The van der Waals surface area contributed by atoms with Crippen molar-refractivity contribution in [3.8, 4) is 22.8 Å². The van der Waals surface area contributed by atoms with E-state index in [4.69, 9.17) is 9.47 Å². The summed E-state index contributed by atoms with van der Waals surface area (Å²) in [6.07, 6.45) is 2.31. The fraction of sp³-hybridized carbons (Fsp3) is 0.143. The van der Waals surface area contributed by atoms with Gasteiger partial charge in [-0.25, -0.2) is 4.98 Å². The summed E-state index contributed by atoms with van der Waals surface area (Å²) in [6, 6.07) is 2.71. The zero-order chi connectivity index (χ0) is 16.6. The lowest BCUT2D eigenvalue weighted by molar-refractivity contribution is -0.384. The SMILES string of the molecule is COc1cc(-c2nc3sccn3c2C=O)c([N+](=O)[O-])cc1OC. The standard InChI is InChI=1S/C14H11N3O5S/c1-21-11-5-8(9(17(19)20)6-12(11)22-2)13-10(7-18)16-3-4-23-14(16)15-13/h3-7H,1-2H3. The maximum absolute atomic E-state index is 11.5. The molecule has 0 N–H and O–H groups in total. The molecule has 0 radical (unpaired) electrons. The summed E-state index contributed by atoms with van der Waals surface area (Å²) in [5.74, 6) is 0.554. The molecule has 0 saturated heterocycles. The number of imidazole rings is 1. The first-order valence-corrected chi connectivity index (χ1v) is 7.30. The maximum Gasteiger partial charge on any atom is 0.282 e. The van der Waals surface area contributed by atoms with Gasteiger partial charge in [0.05, 0.1) is 30.8 Å². The summed E-state index contributed by atoms with van der Waals surface area (Å²) in [7, 11) is 2.82. The van der Waals surface area contributed by atoms with Gasteiger partial charge in [-0.05, 0) is 0 Å². The summed E-state index contributed by atoms with van der Waals surface area (Å²) in [5.41, 5.74) is 0.471. The topological polar surface area (TPSA) is 96.0 Å². The number of hydrogen-bond donors (Lipinski definition) is 0. The quantitative estimate of drug-likeness (QED) is 0.405. The number of fused-ring (bicyclic) bond motifs is 1. The van der Waals surface area contributed by atoms with Crippen LogP contribution in [-0.2, 0) is 0 Å². The Morgan fingerprint density at radius 1 is 1.30 bits per heavy atom. The van der Waals surface area contributed by atoms with Gasteiger partial charge in [0.15, 0.2) is 22.7 Å². The van der Waals surface area contributed by atoms with E-state index < -0.39 is 4.92 Å². The highest BCUT2D eigenvalue weighted by Gasteiger charge is 2.25. The van der Waals surface area contributed by atoms with E-state index in [-0.39, 0.29) is 28.4 Å². The van der Waals surface area contributed by atoms with E-state index in [0.717, 1.165) is 0 Å². The first kappa shape index (κ1) is 15.0. The van der Waals surface area contributed by atoms with E-state index in [1.54, 1.807) is 16.0 Å². The van der Waals surface area contributed by atoms with Crippen molar-refractivity contribution in [1.29, 1.82) is 0 Å². The van der Waals surface area contributed by atoms with Crippen LogP contribution in [-0.4, -0.2) is 34.8 Å². The normalized spacial score (nSPS) is 10.7. The van der Waals surface area contributed by atoms with Gasteiger partial charge in [-0.1, -0.05) is 0 Å². The smallest absolute Gasteiger partial charge is 0.282 e. The molecule has 0 aliphatic carbocycles. The van der Waals surface area contributed by atoms with Gasteiger partial charge in [0.25, 0.3) is 5.69 Å². The molecule has 118 valence electrons. The zero-order valence-corrected chi connectivity index (χ0v) is 13.0. The third kappa shape index (κ3) is 2.30. The second kappa shape index (κ2) is 5.69. The third-order valence-corrected chi connectivity index (χ3v) is 4.12. The lowest BCUT2D eigenvalue weighted by Gasteiger charge is -2.09. The molecule has 8 nitrogen and oxygen atoms in total. The van der Waals surface area contributed by atoms with Crippen LogP contribution in [0.5, 0.6) is 11.5 Å². The molecule has 0 bridgehead atoms. The molecule has 0 fully saturated rings. The minimum Gasteiger partial charge on any atom is -0.493 e. The molecular formula is C14H11N3O5S. The van der Waals surface area contributed by atoms with Crippen molar-refractivity contribution in [2.24, 2.45) is 0 Å². The second-order valence-electron chi connectivity index (χ2n) is 4.50. The summed E-state index contributed by atoms with van der Waals surface area (Å²) < 4.78 is 11.9. The Morgan fingerprint density at radius 3 is 2.61 bits per heavy atom. The van der Waals surface area contributed by atoms with Crippen LogP contribution >= 0.6 is 11.3 Å². The van der Waals surface area contributed by atoms with Gasteiger partial charge in [-0.2, -0.15) is 0 Å². The Hall–Kier alpha value is -2.94. The first-order chi connectivity index (χ1) is 11.1. The van der Waals surface area contributed by atoms with Crippen LogP contribution in [0.3, 0.4) is 0 Å². The van der Waals surface area contributed by atoms with Crippen LogP contribution in [0.1, 0.15) is 10.5 Å². The van der Waals surface area contributed by atoms with E-state index in [0.29, 0.717) is 17.0 Å². The third-order valence-electron chi connectivity index (χ3n) is 3.36. The Kier molecular flexibility index (Phi) is 3.70. The monoisotopic (exact) mass is 333 g/mol. The predicted octanol–water partition coefficient (Wildman–Crippen LogP) is 2.80. The fourth-order valence-corrected chi connectivity index (χ4v) is 3.04. The zero-order valence-electron chi connectivity index (χ0n) is 12.2. The van der Waals surface area contributed by atoms with Crippen molar-refractivity contribution in [2.45, 2.75) is 0 Å². The minimum atomic E-state index is -0.542. The number of carbonyl (C=O) groups is 1. The van der Waals surface area contributed by atoms with Gasteiger partial charge < -0.3 is 9.47 Å². The number of hydrogen-bond acceptors (Lipinski definition) is 7. The van der Waals surface area contributed by atoms with Gasteiger partial charge >= 0.3 is 0 Å². The molecular weight excluding hydrogens is 322 g/mol. The van der Waals surface area contributed by atoms with Crippen molar-refractivity contribution >= 4 is 28.3 Å². The average molecular weight is 333 g/mol. The first-order valence-electron chi connectivity index (χ1n) is 6.42. The average Bonchev–Trinajstić information content (AvgIpc) is 3.13. The number of nitrogens with zero attached hydrogens (tertiary/aromatic N) is 3. The second-order valence-corrected chi connectivity index (χ2v) is 5.37. The van der Waals surface area contributed by atoms with E-state index >= 15 is 0 Å². The van der Waals surface area contributed by atoms with Crippen LogP contribution in [0.2, 0.25) is 0 Å². The number of aromatic nitrogens is 2. The number of nitro groups is 1. The lowest BCUT2D eigenvalue weighted by Crippen LogP contribution is -1.99. The molecule has 0 spiro atoms. The molecule has 23 heavy (non-hydrogen) atoms. The molecule has 2 aromatic heterocycles. The Labute approximate surface area is 134 Å². The van der Waals surface area contributed by atoms with Gasteiger partial charge in [-0.15, -0.1) is 11.3 Å². The maximum atomic E-state index is 11.5. The summed E-state index contributed by atoms with van der Waals surface area (Å²) >= 11 is 1.33. The Bertz CT molecular complexity index is 915. The number of aldehydes is 1. The van der Waals surface area contributed by atoms with Crippen molar-refractivity contribution in [3.63, 3.8) is 0 Å². The van der Waals surface area contributed by atoms with Crippen molar-refractivity contribution in [3.05, 3.63) is 39.5 Å². The number of thiazole rings is 1. The Morgan fingerprint density at radius 2 is 2.00 bits per heavy atom. The van der Waals surface area contributed by atoms with Gasteiger partial charge in [0.1, 0.15) is 11.4 Å². The number of nitro benzene ring substituents is 1. The molecule has 3 aromatic rings.